The first-order chi connectivity index (χ1) is 8.58. The Hall–Kier alpha value is -0.840. The van der Waals surface area contributed by atoms with Gasteiger partial charge in [-0.2, -0.15) is 0 Å². The molecule has 1 aromatic heterocycles. The first-order valence-electron chi connectivity index (χ1n) is 5.86. The smallest absolute Gasteiger partial charge is 0.0519 e. The van der Waals surface area contributed by atoms with Crippen molar-refractivity contribution in [2.75, 3.05) is 11.9 Å². The molecule has 0 aliphatic carbocycles. The van der Waals surface area contributed by atoms with Gasteiger partial charge in [-0.05, 0) is 42.1 Å². The number of thiophene rings is 1. The Labute approximate surface area is 121 Å². The van der Waals surface area contributed by atoms with Crippen LogP contribution in [0.4, 0.5) is 5.69 Å². The average molecular weight is 325 g/mol. The number of benzene rings is 1. The Balaban J connectivity index is 2.26. The molecule has 0 amide bonds. The third-order valence-electron chi connectivity index (χ3n) is 2.86. The summed E-state index contributed by atoms with van der Waals surface area (Å²) in [5.41, 5.74) is 8.42. The molecule has 2 nitrogen and oxygen atoms in total. The van der Waals surface area contributed by atoms with Crippen molar-refractivity contribution in [3.05, 3.63) is 50.6 Å². The minimum Gasteiger partial charge on any atom is -0.369 e. The quantitative estimate of drug-likeness (QED) is 0.914. The van der Waals surface area contributed by atoms with Crippen LogP contribution in [0, 0.1) is 0 Å². The van der Waals surface area contributed by atoms with E-state index in [-0.39, 0.29) is 6.04 Å². The summed E-state index contributed by atoms with van der Waals surface area (Å²) >= 11 is 5.28. The molecule has 2 aromatic rings. The second kappa shape index (κ2) is 5.87. The van der Waals surface area contributed by atoms with Crippen molar-refractivity contribution in [1.82, 2.24) is 0 Å². The second-order valence-electron chi connectivity index (χ2n) is 4.43. The molecule has 0 fully saturated rings. The second-order valence-corrected chi connectivity index (χ2v) is 6.38. The van der Waals surface area contributed by atoms with E-state index < -0.39 is 0 Å². The zero-order valence-corrected chi connectivity index (χ0v) is 13.0. The summed E-state index contributed by atoms with van der Waals surface area (Å²) in [5, 5.41) is 2.11. The molecule has 0 aliphatic rings. The third kappa shape index (κ3) is 3.13. The van der Waals surface area contributed by atoms with Crippen LogP contribution < -0.4 is 10.6 Å². The third-order valence-corrected chi connectivity index (χ3v) is 4.22. The number of hydrogen-bond acceptors (Lipinski definition) is 3. The summed E-state index contributed by atoms with van der Waals surface area (Å²) in [5.74, 6) is 0. The molecule has 0 spiro atoms. The molecule has 4 heteroatoms. The minimum atomic E-state index is 0.0308. The van der Waals surface area contributed by atoms with Crippen LogP contribution in [0.5, 0.6) is 0 Å². The summed E-state index contributed by atoms with van der Waals surface area (Å²) in [6.45, 7) is 2.93. The summed E-state index contributed by atoms with van der Waals surface area (Å²) in [6.07, 6.45) is 0. The Morgan fingerprint density at radius 1 is 1.39 bits per heavy atom. The fourth-order valence-electron chi connectivity index (χ4n) is 1.96. The van der Waals surface area contributed by atoms with Crippen LogP contribution in [0.2, 0.25) is 0 Å². The van der Waals surface area contributed by atoms with E-state index in [0.29, 0.717) is 0 Å². The molecule has 2 rings (SSSR count). The van der Waals surface area contributed by atoms with Crippen molar-refractivity contribution in [2.45, 2.75) is 19.5 Å². The monoisotopic (exact) mass is 324 g/mol. The van der Waals surface area contributed by atoms with Crippen molar-refractivity contribution < 1.29 is 0 Å². The minimum absolute atomic E-state index is 0.0308. The predicted molar refractivity (Wildman–Crippen MR) is 83.2 cm³/mol. The zero-order valence-electron chi connectivity index (χ0n) is 10.6. The number of nitrogens with two attached hydrogens (primary N) is 1. The molecule has 1 aromatic carbocycles. The fourth-order valence-corrected chi connectivity index (χ4v) is 3.10. The van der Waals surface area contributed by atoms with Crippen LogP contribution >= 0.6 is 27.3 Å². The van der Waals surface area contributed by atoms with Gasteiger partial charge in [0.1, 0.15) is 0 Å². The van der Waals surface area contributed by atoms with Crippen LogP contribution in [0.1, 0.15) is 23.4 Å². The van der Waals surface area contributed by atoms with E-state index in [0.717, 1.165) is 11.0 Å². The normalized spacial score (nSPS) is 12.4. The molecule has 0 radical (unpaired) electrons. The maximum Gasteiger partial charge on any atom is 0.0519 e. The highest BCUT2D eigenvalue weighted by molar-refractivity contribution is 9.10. The van der Waals surface area contributed by atoms with Gasteiger partial charge in [0, 0.05) is 28.1 Å². The standard InChI is InChI=1S/C14H17BrN2S/c1-10(16)13-8-11(15)5-6-14(13)17(2)9-12-4-3-7-18-12/h3-8,10H,9,16H2,1-2H3. The highest BCUT2D eigenvalue weighted by Gasteiger charge is 2.12. The predicted octanol–water partition coefficient (Wildman–Crippen LogP) is 4.17. The molecule has 2 N–H and O–H groups in total. The molecule has 18 heavy (non-hydrogen) atoms. The molecule has 0 saturated carbocycles. The Morgan fingerprint density at radius 2 is 2.17 bits per heavy atom. The van der Waals surface area contributed by atoms with Gasteiger partial charge in [0.05, 0.1) is 6.54 Å². The van der Waals surface area contributed by atoms with E-state index in [1.165, 1.54) is 16.1 Å². The number of rotatable bonds is 4. The summed E-state index contributed by atoms with van der Waals surface area (Å²) < 4.78 is 1.07. The highest BCUT2D eigenvalue weighted by atomic mass is 79.9. The van der Waals surface area contributed by atoms with Gasteiger partial charge in [-0.1, -0.05) is 22.0 Å². The van der Waals surface area contributed by atoms with Gasteiger partial charge in [-0.15, -0.1) is 11.3 Å². The Kier molecular flexibility index (Phi) is 4.43. The van der Waals surface area contributed by atoms with E-state index in [4.69, 9.17) is 5.73 Å². The van der Waals surface area contributed by atoms with Gasteiger partial charge in [0.25, 0.3) is 0 Å². The molecule has 1 unspecified atom stereocenters. The van der Waals surface area contributed by atoms with Gasteiger partial charge < -0.3 is 10.6 Å². The molecule has 96 valence electrons. The van der Waals surface area contributed by atoms with Crippen molar-refractivity contribution in [2.24, 2.45) is 5.73 Å². The van der Waals surface area contributed by atoms with Crippen LogP contribution in [0.3, 0.4) is 0 Å². The van der Waals surface area contributed by atoms with Crippen LogP contribution in [0.15, 0.2) is 40.2 Å². The van der Waals surface area contributed by atoms with E-state index in [2.05, 4.69) is 63.6 Å². The van der Waals surface area contributed by atoms with E-state index in [9.17, 15) is 0 Å². The van der Waals surface area contributed by atoms with Gasteiger partial charge in [0.2, 0.25) is 0 Å². The summed E-state index contributed by atoms with van der Waals surface area (Å²) in [6, 6.07) is 10.6. The van der Waals surface area contributed by atoms with Crippen molar-refractivity contribution >= 4 is 33.0 Å². The van der Waals surface area contributed by atoms with Gasteiger partial charge in [0.15, 0.2) is 0 Å². The van der Waals surface area contributed by atoms with Crippen LogP contribution in [0.25, 0.3) is 0 Å². The van der Waals surface area contributed by atoms with Crippen molar-refractivity contribution in [1.29, 1.82) is 0 Å². The fraction of sp³-hybridized carbons (Fsp3) is 0.286. The molecule has 0 saturated heterocycles. The highest BCUT2D eigenvalue weighted by Crippen LogP contribution is 2.29. The largest absolute Gasteiger partial charge is 0.369 e. The average Bonchev–Trinajstić information content (AvgIpc) is 2.81. The number of halogens is 1. The van der Waals surface area contributed by atoms with Gasteiger partial charge in [-0.3, -0.25) is 0 Å². The lowest BCUT2D eigenvalue weighted by atomic mass is 10.1. The number of anilines is 1. The number of nitrogens with zero attached hydrogens (tertiary/aromatic N) is 1. The summed E-state index contributed by atoms with van der Waals surface area (Å²) in [7, 11) is 2.11. The zero-order chi connectivity index (χ0) is 13.1. The molecule has 0 bridgehead atoms. The molecule has 1 atom stereocenters. The molecule has 0 aliphatic heterocycles. The van der Waals surface area contributed by atoms with E-state index in [1.54, 1.807) is 11.3 Å². The first kappa shape index (κ1) is 13.6. The lowest BCUT2D eigenvalue weighted by Gasteiger charge is -2.23. The Bertz CT molecular complexity index is 509. The van der Waals surface area contributed by atoms with Crippen molar-refractivity contribution in [3.63, 3.8) is 0 Å². The lowest BCUT2D eigenvalue weighted by Crippen LogP contribution is -2.19. The van der Waals surface area contributed by atoms with Crippen LogP contribution in [-0.4, -0.2) is 7.05 Å². The van der Waals surface area contributed by atoms with Gasteiger partial charge in [-0.25, -0.2) is 0 Å². The molecule has 1 heterocycles. The number of hydrogen-bond donors (Lipinski definition) is 1. The first-order valence-corrected chi connectivity index (χ1v) is 7.53. The van der Waals surface area contributed by atoms with Crippen molar-refractivity contribution in [3.8, 4) is 0 Å². The topological polar surface area (TPSA) is 29.3 Å². The molecular formula is C14H17BrN2S. The lowest BCUT2D eigenvalue weighted by molar-refractivity contribution is 0.802. The van der Waals surface area contributed by atoms with Crippen LogP contribution in [-0.2, 0) is 6.54 Å². The molecular weight excluding hydrogens is 308 g/mol. The van der Waals surface area contributed by atoms with Gasteiger partial charge >= 0.3 is 0 Å². The Morgan fingerprint density at radius 3 is 2.78 bits per heavy atom. The van der Waals surface area contributed by atoms with E-state index in [1.807, 2.05) is 6.92 Å². The maximum absolute atomic E-state index is 6.05. The SMILES string of the molecule is CC(N)c1cc(Br)ccc1N(C)Cc1cccs1. The van der Waals surface area contributed by atoms with E-state index >= 15 is 0 Å². The maximum atomic E-state index is 6.05. The summed E-state index contributed by atoms with van der Waals surface area (Å²) in [4.78, 5) is 3.60.